The zero-order valence-corrected chi connectivity index (χ0v) is 19.2. The Labute approximate surface area is 191 Å². The molecule has 0 saturated heterocycles. The predicted octanol–water partition coefficient (Wildman–Crippen LogP) is 2.90. The molecule has 4 rings (SSSR count). The molecule has 0 aliphatic carbocycles. The summed E-state index contributed by atoms with van der Waals surface area (Å²) in [6.07, 6.45) is 0.0216. The number of nitrogens with zero attached hydrogens (tertiary/aromatic N) is 2. The second-order valence-corrected chi connectivity index (χ2v) is 9.55. The summed E-state index contributed by atoms with van der Waals surface area (Å²) in [5, 5.41) is 2.74. The fraction of sp³-hybridized carbons (Fsp3) is 0.167. The van der Waals surface area contributed by atoms with Gasteiger partial charge in [0.2, 0.25) is 15.7 Å². The number of carbonyl (C=O) groups is 1. The minimum atomic E-state index is -3.97. The fourth-order valence-corrected chi connectivity index (χ4v) is 5.17. The molecule has 0 atom stereocenters. The van der Waals surface area contributed by atoms with Crippen molar-refractivity contribution in [2.24, 2.45) is 14.1 Å². The van der Waals surface area contributed by atoms with E-state index in [1.54, 1.807) is 63.7 Å². The van der Waals surface area contributed by atoms with Gasteiger partial charge in [-0.15, -0.1) is 0 Å². The molecule has 0 aliphatic heterocycles. The first kappa shape index (κ1) is 22.3. The van der Waals surface area contributed by atoms with Crippen LogP contribution in [0.2, 0.25) is 0 Å². The zero-order valence-electron chi connectivity index (χ0n) is 18.4. The number of hydrogen-bond donors (Lipinski definition) is 1. The van der Waals surface area contributed by atoms with E-state index in [1.165, 1.54) is 33.4 Å². The van der Waals surface area contributed by atoms with Gasteiger partial charge in [-0.3, -0.25) is 13.9 Å². The van der Waals surface area contributed by atoms with E-state index in [4.69, 9.17) is 4.74 Å². The van der Waals surface area contributed by atoms with E-state index in [9.17, 15) is 18.0 Å². The van der Waals surface area contributed by atoms with Crippen molar-refractivity contribution < 1.29 is 17.9 Å². The van der Waals surface area contributed by atoms with Crippen molar-refractivity contribution in [1.29, 1.82) is 0 Å². The van der Waals surface area contributed by atoms with Crippen LogP contribution < -0.4 is 15.7 Å². The van der Waals surface area contributed by atoms with Crippen molar-refractivity contribution in [1.82, 2.24) is 9.13 Å². The Morgan fingerprint density at radius 3 is 2.27 bits per heavy atom. The van der Waals surface area contributed by atoms with Crippen LogP contribution in [0.3, 0.4) is 0 Å². The first-order valence-electron chi connectivity index (χ1n) is 10.1. The van der Waals surface area contributed by atoms with Crippen molar-refractivity contribution in [3.8, 4) is 5.75 Å². The number of methoxy groups -OCH3 is 1. The van der Waals surface area contributed by atoms with Crippen LogP contribution in [0, 0.1) is 0 Å². The summed E-state index contributed by atoms with van der Waals surface area (Å²) in [6.45, 7) is 0. The van der Waals surface area contributed by atoms with E-state index >= 15 is 0 Å². The maximum atomic E-state index is 13.5. The number of amides is 1. The molecule has 8 nitrogen and oxygen atoms in total. The molecule has 1 amide bonds. The number of aryl methyl sites for hydroxylation is 2. The number of aromatic nitrogens is 2. The summed E-state index contributed by atoms with van der Waals surface area (Å²) in [4.78, 5) is 25.3. The highest BCUT2D eigenvalue weighted by Crippen LogP contribution is 2.32. The predicted molar refractivity (Wildman–Crippen MR) is 125 cm³/mol. The van der Waals surface area contributed by atoms with E-state index in [1.807, 2.05) is 0 Å². The Hall–Kier alpha value is -3.85. The van der Waals surface area contributed by atoms with Crippen LogP contribution in [0.1, 0.15) is 5.56 Å². The Balaban J connectivity index is 1.82. The lowest BCUT2D eigenvalue weighted by Gasteiger charge is -2.13. The first-order chi connectivity index (χ1) is 15.7. The van der Waals surface area contributed by atoms with Crippen LogP contribution >= 0.6 is 0 Å². The summed E-state index contributed by atoms with van der Waals surface area (Å²) in [7, 11) is 0.740. The van der Waals surface area contributed by atoms with Gasteiger partial charge < -0.3 is 10.1 Å². The van der Waals surface area contributed by atoms with Crippen molar-refractivity contribution >= 4 is 32.5 Å². The van der Waals surface area contributed by atoms with E-state index in [2.05, 4.69) is 5.32 Å². The Bertz CT molecular complexity index is 1520. The maximum absolute atomic E-state index is 13.5. The van der Waals surface area contributed by atoms with Crippen molar-refractivity contribution in [3.05, 3.63) is 82.8 Å². The number of ether oxygens (including phenoxy) is 1. The fourth-order valence-electron chi connectivity index (χ4n) is 3.73. The average molecular weight is 466 g/mol. The van der Waals surface area contributed by atoms with Crippen molar-refractivity contribution in [2.75, 3.05) is 12.4 Å². The summed E-state index contributed by atoms with van der Waals surface area (Å²) in [5.41, 5.74) is 1.48. The molecule has 0 fully saturated rings. The summed E-state index contributed by atoms with van der Waals surface area (Å²) in [6, 6.07) is 18.0. The van der Waals surface area contributed by atoms with Crippen molar-refractivity contribution in [3.63, 3.8) is 0 Å². The van der Waals surface area contributed by atoms with Crippen LogP contribution in [0.4, 0.5) is 5.69 Å². The second-order valence-electron chi connectivity index (χ2n) is 7.63. The number of anilines is 1. The molecular weight excluding hydrogens is 442 g/mol. The van der Waals surface area contributed by atoms with Gasteiger partial charge in [0, 0.05) is 14.1 Å². The summed E-state index contributed by atoms with van der Waals surface area (Å²) < 4.78 is 34.9. The topological polar surface area (TPSA) is 99.4 Å². The van der Waals surface area contributed by atoms with Gasteiger partial charge in [-0.25, -0.2) is 13.2 Å². The van der Waals surface area contributed by atoms with Crippen LogP contribution in [0.15, 0.2) is 81.3 Å². The number of hydrogen-bond acceptors (Lipinski definition) is 5. The molecule has 0 radical (unpaired) electrons. The second kappa shape index (κ2) is 8.59. The van der Waals surface area contributed by atoms with Gasteiger partial charge in [-0.2, -0.15) is 0 Å². The number of imidazole rings is 1. The molecule has 0 spiro atoms. The smallest absolute Gasteiger partial charge is 0.328 e. The van der Waals surface area contributed by atoms with Crippen LogP contribution in [0.5, 0.6) is 5.75 Å². The number of sulfone groups is 1. The van der Waals surface area contributed by atoms with Gasteiger partial charge in [0.1, 0.15) is 5.75 Å². The maximum Gasteiger partial charge on any atom is 0.328 e. The number of nitrogens with one attached hydrogen (secondary N) is 1. The number of benzene rings is 3. The molecule has 4 aromatic rings. The van der Waals surface area contributed by atoms with Gasteiger partial charge in [0.05, 0.1) is 40.0 Å². The summed E-state index contributed by atoms with van der Waals surface area (Å²) in [5.74, 6) is 0.224. The summed E-state index contributed by atoms with van der Waals surface area (Å²) >= 11 is 0. The molecule has 0 saturated carbocycles. The van der Waals surface area contributed by atoms with Gasteiger partial charge in [-0.1, -0.05) is 30.3 Å². The molecule has 0 bridgehead atoms. The molecular formula is C24H23N3O5S. The van der Waals surface area contributed by atoms with E-state index in [0.29, 0.717) is 22.3 Å². The van der Waals surface area contributed by atoms with E-state index in [-0.39, 0.29) is 27.6 Å². The lowest BCUT2D eigenvalue weighted by molar-refractivity contribution is -0.115. The normalized spacial score (nSPS) is 11.5. The number of fused-ring (bicyclic) bond motifs is 1. The minimum Gasteiger partial charge on any atom is -0.497 e. The third-order valence-corrected chi connectivity index (χ3v) is 7.30. The Morgan fingerprint density at radius 2 is 1.61 bits per heavy atom. The SMILES string of the molecule is COc1cccc(CC(=O)Nc2cc3c(cc2S(=O)(=O)c2ccccc2)n(C)c(=O)n3C)c1. The van der Waals surface area contributed by atoms with Gasteiger partial charge in [0.15, 0.2) is 0 Å². The third-order valence-electron chi connectivity index (χ3n) is 5.49. The van der Waals surface area contributed by atoms with E-state index < -0.39 is 15.7 Å². The van der Waals surface area contributed by atoms with Crippen LogP contribution in [-0.2, 0) is 35.1 Å². The largest absolute Gasteiger partial charge is 0.497 e. The standard InChI is InChI=1S/C24H23N3O5S/c1-26-20-14-19(25-23(28)13-16-8-7-9-17(12-16)32-3)22(15-21(20)27(2)24(26)29)33(30,31)18-10-5-4-6-11-18/h4-12,14-15H,13H2,1-3H3,(H,25,28). The lowest BCUT2D eigenvalue weighted by Crippen LogP contribution is -2.19. The molecule has 9 heteroatoms. The van der Waals surface area contributed by atoms with Crippen molar-refractivity contribution in [2.45, 2.75) is 16.2 Å². The molecule has 1 N–H and O–H groups in total. The van der Waals surface area contributed by atoms with E-state index in [0.717, 1.165) is 0 Å². The van der Waals surface area contributed by atoms with Gasteiger partial charge in [-0.05, 0) is 42.0 Å². The molecule has 0 unspecified atom stereocenters. The minimum absolute atomic E-state index is 0.0216. The molecule has 3 aromatic carbocycles. The highest BCUT2D eigenvalue weighted by molar-refractivity contribution is 7.91. The molecule has 33 heavy (non-hydrogen) atoms. The van der Waals surface area contributed by atoms with Crippen LogP contribution in [-0.4, -0.2) is 30.6 Å². The van der Waals surface area contributed by atoms with Gasteiger partial charge in [0.25, 0.3) is 0 Å². The molecule has 1 aromatic heterocycles. The third kappa shape index (κ3) is 4.14. The molecule has 170 valence electrons. The quantitative estimate of drug-likeness (QED) is 0.472. The van der Waals surface area contributed by atoms with Crippen LogP contribution in [0.25, 0.3) is 11.0 Å². The number of rotatable bonds is 6. The highest BCUT2D eigenvalue weighted by atomic mass is 32.2. The Morgan fingerprint density at radius 1 is 0.939 bits per heavy atom. The zero-order chi connectivity index (χ0) is 23.8. The first-order valence-corrected chi connectivity index (χ1v) is 11.6. The molecule has 1 heterocycles. The van der Waals surface area contributed by atoms with Gasteiger partial charge >= 0.3 is 5.69 Å². The highest BCUT2D eigenvalue weighted by Gasteiger charge is 2.25. The Kier molecular flexibility index (Phi) is 5.82. The molecule has 0 aliphatic rings. The average Bonchev–Trinajstić information content (AvgIpc) is 3.02. The monoisotopic (exact) mass is 465 g/mol. The number of carbonyl (C=O) groups excluding carboxylic acids is 1. The lowest BCUT2D eigenvalue weighted by atomic mass is 10.1.